The second kappa shape index (κ2) is 12.7. The maximum atomic E-state index is 13.9. The summed E-state index contributed by atoms with van der Waals surface area (Å²) in [6.07, 6.45) is -6.00. The quantitative estimate of drug-likeness (QED) is 0.134. The molecule has 1 saturated heterocycles. The highest BCUT2D eigenvalue weighted by Crippen LogP contribution is 2.38. The number of alkyl halides is 3. The van der Waals surface area contributed by atoms with Crippen LogP contribution in [0.4, 0.5) is 13.2 Å². The molecule has 0 spiro atoms. The van der Waals surface area contributed by atoms with E-state index in [9.17, 15) is 33.0 Å². The zero-order chi connectivity index (χ0) is 29.9. The molecule has 0 aromatic heterocycles. The highest BCUT2D eigenvalue weighted by molar-refractivity contribution is 5.88. The molecule has 0 aliphatic carbocycles. The lowest BCUT2D eigenvalue weighted by molar-refractivity contribution is -0.154. The van der Waals surface area contributed by atoms with Crippen molar-refractivity contribution in [1.82, 2.24) is 5.32 Å². The second-order valence-electron chi connectivity index (χ2n) is 11.2. The second-order valence-corrected chi connectivity index (χ2v) is 11.2. The summed E-state index contributed by atoms with van der Waals surface area (Å²) >= 11 is 0. The first-order valence-corrected chi connectivity index (χ1v) is 12.9. The summed E-state index contributed by atoms with van der Waals surface area (Å²) in [6.45, 7) is 12.9. The minimum atomic E-state index is -4.63. The van der Waals surface area contributed by atoms with Gasteiger partial charge in [-0.25, -0.2) is 0 Å². The number of aliphatic hydroxyl groups is 2. The fraction of sp³-hybridized carbons (Fsp3) is 0.643. The van der Waals surface area contributed by atoms with E-state index in [1.807, 2.05) is 0 Å². The Morgan fingerprint density at radius 1 is 1.23 bits per heavy atom. The zero-order valence-corrected chi connectivity index (χ0v) is 23.3. The molecule has 220 valence electrons. The first-order chi connectivity index (χ1) is 17.9. The van der Waals surface area contributed by atoms with Crippen LogP contribution in [0.2, 0.25) is 0 Å². The standard InChI is InChI=1S/C28H41F3N2O6/c1-14(2)38-13-19(32)10-15(3)21-9-8-18(28(29,30)31)11-20-24(33-20)16(4)25(36)17(5)26(37)27(6,7)22(34)12-23(35)39-21/h8,10,13,16-17,20-22,24-25,33-34,36H,1,9,11-12,32H2,2-7H3/b15-10+,18-8+,19-13-/t16-,17+,20?,21-,22-,24?,25-/m0/s1. The number of ether oxygens (including phenoxy) is 2. The van der Waals surface area contributed by atoms with E-state index < -0.39 is 77.6 Å². The van der Waals surface area contributed by atoms with Gasteiger partial charge in [-0.05, 0) is 37.8 Å². The van der Waals surface area contributed by atoms with E-state index in [-0.39, 0.29) is 18.5 Å². The molecule has 5 N–H and O–H groups in total. The predicted molar refractivity (Wildman–Crippen MR) is 140 cm³/mol. The van der Waals surface area contributed by atoms with Crippen LogP contribution < -0.4 is 11.1 Å². The molecule has 7 atom stereocenters. The van der Waals surface area contributed by atoms with Crippen molar-refractivity contribution in [3.63, 3.8) is 0 Å². The van der Waals surface area contributed by atoms with E-state index in [0.29, 0.717) is 11.3 Å². The van der Waals surface area contributed by atoms with Crippen LogP contribution in [0.1, 0.15) is 60.8 Å². The molecular weight excluding hydrogens is 517 g/mol. The molecule has 2 aliphatic rings. The third-order valence-electron chi connectivity index (χ3n) is 7.54. The number of ketones is 1. The first-order valence-electron chi connectivity index (χ1n) is 12.9. The highest BCUT2D eigenvalue weighted by Gasteiger charge is 2.49. The minimum absolute atomic E-state index is 0.122. The minimum Gasteiger partial charge on any atom is -0.468 e. The van der Waals surface area contributed by atoms with Gasteiger partial charge < -0.3 is 30.7 Å². The number of hydrogen-bond donors (Lipinski definition) is 4. The van der Waals surface area contributed by atoms with Crippen molar-refractivity contribution in [2.45, 2.75) is 97.4 Å². The molecule has 8 nitrogen and oxygen atoms in total. The Bertz CT molecular complexity index is 1030. The summed E-state index contributed by atoms with van der Waals surface area (Å²) in [4.78, 5) is 26.1. The highest BCUT2D eigenvalue weighted by atomic mass is 19.4. The summed E-state index contributed by atoms with van der Waals surface area (Å²) in [7, 11) is 0. The van der Waals surface area contributed by atoms with Crippen molar-refractivity contribution < 1.29 is 42.4 Å². The average Bonchev–Trinajstić information content (AvgIpc) is 3.60. The number of carbonyl (C=O) groups is 2. The number of allylic oxidation sites excluding steroid dienone is 2. The van der Waals surface area contributed by atoms with Gasteiger partial charge in [0.1, 0.15) is 18.1 Å². The Balaban J connectivity index is 2.49. The van der Waals surface area contributed by atoms with E-state index in [2.05, 4.69) is 11.9 Å². The van der Waals surface area contributed by atoms with Gasteiger partial charge in [-0.1, -0.05) is 40.3 Å². The van der Waals surface area contributed by atoms with Gasteiger partial charge in [0.05, 0.1) is 35.5 Å². The van der Waals surface area contributed by atoms with Gasteiger partial charge >= 0.3 is 12.1 Å². The zero-order valence-electron chi connectivity index (χ0n) is 23.3. The number of nitrogens with one attached hydrogen (secondary N) is 1. The van der Waals surface area contributed by atoms with Crippen molar-refractivity contribution in [2.24, 2.45) is 23.0 Å². The van der Waals surface area contributed by atoms with Gasteiger partial charge in [-0.3, -0.25) is 9.59 Å². The molecular formula is C28H41F3N2O6. The maximum Gasteiger partial charge on any atom is 0.412 e. The average molecular weight is 559 g/mol. The van der Waals surface area contributed by atoms with Gasteiger partial charge in [0, 0.05) is 30.0 Å². The SMILES string of the molecule is C=C(C)O/C=C(N)/C=C(\C)[C@@H]1C/C=C(/C(F)(F)F)CC2NC2[C@H](C)[C@H](O)[C@@H](C)C(=O)C(C)(C)[C@@H](O)CC(=O)O1. The normalized spacial score (nSPS) is 34.8. The van der Waals surface area contributed by atoms with Gasteiger partial charge in [-0.2, -0.15) is 13.2 Å². The number of Topliss-reactive ketones (excluding diaryl/α,β-unsaturated/α-hetero) is 1. The number of halogens is 3. The van der Waals surface area contributed by atoms with Crippen molar-refractivity contribution in [1.29, 1.82) is 0 Å². The summed E-state index contributed by atoms with van der Waals surface area (Å²) in [6, 6.07) is -0.970. The molecule has 2 heterocycles. The molecule has 0 aromatic carbocycles. The fourth-order valence-electron chi connectivity index (χ4n) is 4.78. The Morgan fingerprint density at radius 3 is 2.41 bits per heavy atom. The summed E-state index contributed by atoms with van der Waals surface area (Å²) in [5.74, 6) is -2.45. The number of carbonyl (C=O) groups excluding carboxylic acids is 2. The van der Waals surface area contributed by atoms with Gasteiger partial charge in [0.25, 0.3) is 0 Å². The van der Waals surface area contributed by atoms with Crippen LogP contribution >= 0.6 is 0 Å². The number of fused-ring (bicyclic) bond motifs is 1. The lowest BCUT2D eigenvalue weighted by Gasteiger charge is -2.34. The summed E-state index contributed by atoms with van der Waals surface area (Å²) < 4.78 is 52.5. The number of hydrogen-bond acceptors (Lipinski definition) is 8. The Kier molecular flexibility index (Phi) is 10.6. The number of nitrogens with two attached hydrogens (primary N) is 1. The van der Waals surface area contributed by atoms with Crippen LogP contribution in [-0.4, -0.2) is 58.5 Å². The molecule has 2 rings (SSSR count). The van der Waals surface area contributed by atoms with Gasteiger partial charge in [-0.15, -0.1) is 0 Å². The maximum absolute atomic E-state index is 13.9. The molecule has 11 heteroatoms. The monoisotopic (exact) mass is 558 g/mol. The first kappa shape index (κ1) is 32.6. The van der Waals surface area contributed by atoms with Crippen molar-refractivity contribution in [3.8, 4) is 0 Å². The molecule has 2 aliphatic heterocycles. The number of aliphatic hydroxyl groups excluding tert-OH is 2. The molecule has 0 bridgehead atoms. The van der Waals surface area contributed by atoms with Gasteiger partial charge in [0.2, 0.25) is 0 Å². The predicted octanol–water partition coefficient (Wildman–Crippen LogP) is 3.80. The lowest BCUT2D eigenvalue weighted by Crippen LogP contribution is -2.46. The largest absolute Gasteiger partial charge is 0.468 e. The molecule has 0 radical (unpaired) electrons. The van der Waals surface area contributed by atoms with Gasteiger partial charge in [0.15, 0.2) is 0 Å². The molecule has 39 heavy (non-hydrogen) atoms. The Labute approximate surface area is 227 Å². The van der Waals surface area contributed by atoms with Crippen LogP contribution in [0, 0.1) is 17.3 Å². The van der Waals surface area contributed by atoms with Crippen LogP contribution in [0.5, 0.6) is 0 Å². The summed E-state index contributed by atoms with van der Waals surface area (Å²) in [5, 5.41) is 24.7. The third-order valence-corrected chi connectivity index (χ3v) is 7.54. The molecule has 2 unspecified atom stereocenters. The van der Waals surface area contributed by atoms with E-state index in [4.69, 9.17) is 15.2 Å². The summed E-state index contributed by atoms with van der Waals surface area (Å²) in [5.41, 5.74) is 4.18. The fourth-order valence-corrected chi connectivity index (χ4v) is 4.78. The van der Waals surface area contributed by atoms with E-state index in [1.54, 1.807) is 20.8 Å². The topological polar surface area (TPSA) is 141 Å². The molecule has 0 aromatic rings. The Morgan fingerprint density at radius 2 is 1.85 bits per heavy atom. The molecule has 1 fully saturated rings. The number of cyclic esters (lactones) is 1. The van der Waals surface area contributed by atoms with Crippen LogP contribution in [0.3, 0.4) is 0 Å². The smallest absolute Gasteiger partial charge is 0.412 e. The van der Waals surface area contributed by atoms with Crippen LogP contribution in [0.25, 0.3) is 0 Å². The molecule has 0 amide bonds. The molecule has 0 saturated carbocycles. The lowest BCUT2D eigenvalue weighted by atomic mass is 9.73. The number of rotatable bonds is 4. The Hall–Kier alpha value is -2.63. The van der Waals surface area contributed by atoms with Crippen molar-refractivity contribution >= 4 is 11.8 Å². The van der Waals surface area contributed by atoms with E-state index >= 15 is 0 Å². The van der Waals surface area contributed by atoms with Crippen molar-refractivity contribution in [2.75, 3.05) is 0 Å². The van der Waals surface area contributed by atoms with Crippen LogP contribution in [0.15, 0.2) is 47.6 Å². The van der Waals surface area contributed by atoms with Crippen molar-refractivity contribution in [3.05, 3.63) is 47.6 Å². The van der Waals surface area contributed by atoms with E-state index in [1.165, 1.54) is 33.1 Å². The third kappa shape index (κ3) is 8.68. The van der Waals surface area contributed by atoms with E-state index in [0.717, 1.165) is 6.08 Å². The number of esters is 1. The van der Waals surface area contributed by atoms with Crippen LogP contribution in [-0.2, 0) is 19.1 Å².